The summed E-state index contributed by atoms with van der Waals surface area (Å²) in [4.78, 5) is 29.3. The van der Waals surface area contributed by atoms with Gasteiger partial charge in [0.15, 0.2) is 5.58 Å². The van der Waals surface area contributed by atoms with Crippen molar-refractivity contribution in [1.29, 1.82) is 0 Å². The number of rotatable bonds is 9. The fourth-order valence-corrected chi connectivity index (χ4v) is 5.60. The molecule has 2 aliphatic rings. The van der Waals surface area contributed by atoms with Crippen molar-refractivity contribution < 1.29 is 18.8 Å². The van der Waals surface area contributed by atoms with Crippen molar-refractivity contribution in [3.63, 3.8) is 0 Å². The van der Waals surface area contributed by atoms with Gasteiger partial charge in [0.1, 0.15) is 11.5 Å². The van der Waals surface area contributed by atoms with Gasteiger partial charge in [0.2, 0.25) is 5.91 Å². The lowest BCUT2D eigenvalue weighted by molar-refractivity contribution is 0.0886. The Morgan fingerprint density at radius 3 is 2.62 bits per heavy atom. The number of carbonyl (C=O) groups is 1. The molecule has 3 heterocycles. The molecule has 6 rings (SSSR count). The van der Waals surface area contributed by atoms with Gasteiger partial charge in [0, 0.05) is 35.9 Å². The predicted octanol–water partition coefficient (Wildman–Crippen LogP) is 4.86. The second kappa shape index (κ2) is 10.5. The highest BCUT2D eigenvalue weighted by Crippen LogP contribution is 2.33. The van der Waals surface area contributed by atoms with E-state index in [1.54, 1.807) is 10.6 Å². The standard InChI is InChI=1S/C30H36N4O5/c1-4-10-37-23-11-21(12-24(13-23)38-18-20-6-5-9-32(3)16-20)17-33-26-14-25-19(2)31-39-28(25)15-27(26)34(30(33)36)29(35)22-7-8-22/h11-15,20,22H,4-10,16-18H2,1-3H3. The van der Waals surface area contributed by atoms with Crippen LogP contribution in [0.1, 0.15) is 55.1 Å². The van der Waals surface area contributed by atoms with Crippen LogP contribution in [0, 0.1) is 18.8 Å². The van der Waals surface area contributed by atoms with Crippen molar-refractivity contribution in [2.24, 2.45) is 11.8 Å². The molecule has 0 N–H and O–H groups in total. The van der Waals surface area contributed by atoms with Crippen LogP contribution in [0.4, 0.5) is 0 Å². The van der Waals surface area contributed by atoms with Crippen molar-refractivity contribution in [1.82, 2.24) is 19.2 Å². The number of ether oxygens (including phenoxy) is 2. The Balaban J connectivity index is 1.37. The maximum absolute atomic E-state index is 13.7. The molecule has 206 valence electrons. The van der Waals surface area contributed by atoms with Crippen molar-refractivity contribution in [2.75, 3.05) is 33.4 Å². The number of benzene rings is 2. The number of imidazole rings is 1. The van der Waals surface area contributed by atoms with E-state index in [-0.39, 0.29) is 24.1 Å². The Bertz CT molecular complexity index is 1580. The van der Waals surface area contributed by atoms with Gasteiger partial charge in [0.05, 0.1) is 36.5 Å². The number of likely N-dealkylation sites (tertiary alicyclic amines) is 1. The molecule has 9 heteroatoms. The smallest absolute Gasteiger partial charge is 0.336 e. The predicted molar refractivity (Wildman–Crippen MR) is 149 cm³/mol. The minimum atomic E-state index is -0.340. The van der Waals surface area contributed by atoms with Gasteiger partial charge in [-0.15, -0.1) is 0 Å². The average molecular weight is 533 g/mol. The van der Waals surface area contributed by atoms with E-state index in [1.807, 2.05) is 31.2 Å². The van der Waals surface area contributed by atoms with Crippen LogP contribution in [0.25, 0.3) is 22.0 Å². The van der Waals surface area contributed by atoms with Gasteiger partial charge < -0.3 is 18.9 Å². The Kier molecular flexibility index (Phi) is 6.93. The third-order valence-electron chi connectivity index (χ3n) is 7.81. The van der Waals surface area contributed by atoms with E-state index in [9.17, 15) is 9.59 Å². The van der Waals surface area contributed by atoms with Crippen LogP contribution in [-0.2, 0) is 6.54 Å². The van der Waals surface area contributed by atoms with Gasteiger partial charge in [-0.05, 0) is 76.4 Å². The molecular formula is C30H36N4O5. The van der Waals surface area contributed by atoms with Crippen LogP contribution in [0.2, 0.25) is 0 Å². The highest BCUT2D eigenvalue weighted by atomic mass is 16.5. The molecule has 0 radical (unpaired) electrons. The molecule has 0 bridgehead atoms. The van der Waals surface area contributed by atoms with Crippen LogP contribution in [0.5, 0.6) is 11.5 Å². The summed E-state index contributed by atoms with van der Waals surface area (Å²) in [6, 6.07) is 9.53. The highest BCUT2D eigenvalue weighted by molar-refractivity contribution is 5.99. The molecular weight excluding hydrogens is 496 g/mol. The fraction of sp³-hybridized carbons (Fsp3) is 0.500. The number of aryl methyl sites for hydroxylation is 1. The lowest BCUT2D eigenvalue weighted by Crippen LogP contribution is -2.34. The summed E-state index contributed by atoms with van der Waals surface area (Å²) >= 11 is 0. The fourth-order valence-electron chi connectivity index (χ4n) is 5.60. The first kappa shape index (κ1) is 25.7. The Morgan fingerprint density at radius 1 is 1.08 bits per heavy atom. The first-order valence-corrected chi connectivity index (χ1v) is 14.0. The average Bonchev–Trinajstić information content (AvgIpc) is 3.67. The summed E-state index contributed by atoms with van der Waals surface area (Å²) in [5, 5.41) is 4.91. The summed E-state index contributed by atoms with van der Waals surface area (Å²) in [7, 11) is 2.15. The van der Waals surface area contributed by atoms with E-state index in [0.29, 0.717) is 41.5 Å². The summed E-state index contributed by atoms with van der Waals surface area (Å²) in [5.74, 6) is 1.68. The molecule has 39 heavy (non-hydrogen) atoms. The van der Waals surface area contributed by atoms with Crippen molar-refractivity contribution >= 4 is 27.9 Å². The summed E-state index contributed by atoms with van der Waals surface area (Å²) in [5.41, 5.74) is 3.08. The van der Waals surface area contributed by atoms with E-state index >= 15 is 0 Å². The second-order valence-corrected chi connectivity index (χ2v) is 11.2. The maximum atomic E-state index is 13.7. The Morgan fingerprint density at radius 2 is 1.87 bits per heavy atom. The third-order valence-corrected chi connectivity index (χ3v) is 7.81. The first-order chi connectivity index (χ1) is 18.9. The zero-order valence-corrected chi connectivity index (χ0v) is 22.9. The molecule has 9 nitrogen and oxygen atoms in total. The highest BCUT2D eigenvalue weighted by Gasteiger charge is 2.34. The van der Waals surface area contributed by atoms with Crippen LogP contribution in [0.3, 0.4) is 0 Å². The van der Waals surface area contributed by atoms with Crippen molar-refractivity contribution in [2.45, 2.75) is 52.5 Å². The topological polar surface area (TPSA) is 91.7 Å². The molecule has 1 saturated carbocycles. The van der Waals surface area contributed by atoms with E-state index in [2.05, 4.69) is 24.0 Å². The lowest BCUT2D eigenvalue weighted by Gasteiger charge is -2.29. The van der Waals surface area contributed by atoms with Gasteiger partial charge in [-0.25, -0.2) is 9.36 Å². The number of aromatic nitrogens is 3. The molecule has 1 saturated heterocycles. The minimum absolute atomic E-state index is 0.0986. The van der Waals surface area contributed by atoms with Crippen LogP contribution < -0.4 is 15.2 Å². The summed E-state index contributed by atoms with van der Waals surface area (Å²) in [6.45, 7) is 7.61. The SMILES string of the molecule is CCCOc1cc(Cn2c(=O)n(C(=O)C3CC3)c3cc4onc(C)c4cc32)cc(OCC2CCCN(C)C2)c1. The maximum Gasteiger partial charge on any atom is 0.336 e. The van der Waals surface area contributed by atoms with E-state index in [0.717, 1.165) is 61.2 Å². The second-order valence-electron chi connectivity index (χ2n) is 11.2. The largest absolute Gasteiger partial charge is 0.493 e. The first-order valence-electron chi connectivity index (χ1n) is 14.0. The van der Waals surface area contributed by atoms with Gasteiger partial charge in [-0.3, -0.25) is 9.36 Å². The number of fused-ring (bicyclic) bond motifs is 2. The van der Waals surface area contributed by atoms with Gasteiger partial charge in [-0.2, -0.15) is 0 Å². The molecule has 0 spiro atoms. The van der Waals surface area contributed by atoms with E-state index < -0.39 is 0 Å². The minimum Gasteiger partial charge on any atom is -0.493 e. The van der Waals surface area contributed by atoms with Gasteiger partial charge in [-0.1, -0.05) is 12.1 Å². The molecule has 2 fully saturated rings. The van der Waals surface area contributed by atoms with Crippen LogP contribution in [-0.4, -0.2) is 58.4 Å². The lowest BCUT2D eigenvalue weighted by atomic mass is 9.99. The number of nitrogens with zero attached hydrogens (tertiary/aromatic N) is 4. The molecule has 4 aromatic rings. The molecule has 1 aliphatic carbocycles. The zero-order chi connectivity index (χ0) is 27.1. The number of hydrogen-bond acceptors (Lipinski definition) is 7. The zero-order valence-electron chi connectivity index (χ0n) is 22.9. The van der Waals surface area contributed by atoms with Crippen LogP contribution in [0.15, 0.2) is 39.6 Å². The number of piperidine rings is 1. The number of carbonyl (C=O) groups excluding carboxylic acids is 1. The molecule has 2 aromatic heterocycles. The molecule has 1 aliphatic heterocycles. The Hall–Kier alpha value is -3.59. The normalized spacial score (nSPS) is 18.2. The van der Waals surface area contributed by atoms with E-state index in [4.69, 9.17) is 14.0 Å². The summed E-state index contributed by atoms with van der Waals surface area (Å²) in [6.07, 6.45) is 4.86. The molecule has 1 unspecified atom stereocenters. The van der Waals surface area contributed by atoms with Crippen LogP contribution >= 0.6 is 0 Å². The Labute approximate surface area is 227 Å². The molecule has 2 aromatic carbocycles. The van der Waals surface area contributed by atoms with Gasteiger partial charge in [0.25, 0.3) is 0 Å². The molecule has 0 amide bonds. The van der Waals surface area contributed by atoms with Crippen molar-refractivity contribution in [3.05, 3.63) is 52.1 Å². The third kappa shape index (κ3) is 5.20. The quantitative estimate of drug-likeness (QED) is 0.304. The summed E-state index contributed by atoms with van der Waals surface area (Å²) < 4.78 is 20.7. The van der Waals surface area contributed by atoms with Gasteiger partial charge >= 0.3 is 5.69 Å². The monoisotopic (exact) mass is 532 g/mol. The molecule has 1 atom stereocenters. The van der Waals surface area contributed by atoms with E-state index in [1.165, 1.54) is 11.0 Å². The number of hydrogen-bond donors (Lipinski definition) is 0. The van der Waals surface area contributed by atoms with Crippen molar-refractivity contribution in [3.8, 4) is 11.5 Å².